The molecule has 0 saturated heterocycles. The van der Waals surface area contributed by atoms with E-state index in [9.17, 15) is 33.1 Å². The average Bonchev–Trinajstić information content (AvgIpc) is 3.25. The van der Waals surface area contributed by atoms with Gasteiger partial charge in [-0.1, -0.05) is 72.6 Å². The third-order valence-corrected chi connectivity index (χ3v) is 12.1. The number of ether oxygens (including phenoxy) is 1. The van der Waals surface area contributed by atoms with Crippen LogP contribution in [0, 0.1) is 11.6 Å². The van der Waals surface area contributed by atoms with Gasteiger partial charge >= 0.3 is 0 Å². The van der Waals surface area contributed by atoms with E-state index in [0.29, 0.717) is 45.3 Å². The van der Waals surface area contributed by atoms with Gasteiger partial charge in [0.15, 0.2) is 22.9 Å². The van der Waals surface area contributed by atoms with Crippen molar-refractivity contribution in [3.63, 3.8) is 0 Å². The molecule has 3 atom stereocenters. The molecule has 6 aromatic rings. The van der Waals surface area contributed by atoms with Crippen LogP contribution in [-0.4, -0.2) is 79.1 Å². The van der Waals surface area contributed by atoms with Gasteiger partial charge in [0.25, 0.3) is 11.8 Å². The third kappa shape index (κ3) is 8.57. The normalized spacial score (nSPS) is 16.6. The summed E-state index contributed by atoms with van der Waals surface area (Å²) in [7, 11) is 0. The topological polar surface area (TPSA) is 140 Å². The van der Waals surface area contributed by atoms with E-state index < -0.39 is 64.0 Å². The second kappa shape index (κ2) is 18.1. The molecule has 1 N–H and O–H groups in total. The van der Waals surface area contributed by atoms with Crippen molar-refractivity contribution in [3.05, 3.63) is 185 Å². The lowest BCUT2D eigenvalue weighted by molar-refractivity contribution is 0.0630. The molecule has 0 radical (unpaired) electrons. The maximum absolute atomic E-state index is 14.7. The van der Waals surface area contributed by atoms with E-state index in [-0.39, 0.29) is 49.8 Å². The number of hydrogen-bond donors (Lipinski definition) is 1. The SMILES string of the molecule is CCCN1CC(C(c2cccc(Cl)c2)c2cc(Cl)cc(CCOc3c4n(ncc3=O)C(C(c3cccc(F)c3)c3cccc(F)c3)CN(CC)C4=O)c2)n2ncc(=O)c(O)c2C1=O. The lowest BCUT2D eigenvalue weighted by Gasteiger charge is -2.39. The maximum Gasteiger partial charge on any atom is 0.276 e. The second-order valence-corrected chi connectivity index (χ2v) is 16.5. The highest BCUT2D eigenvalue weighted by molar-refractivity contribution is 6.31. The number of rotatable bonds is 13. The van der Waals surface area contributed by atoms with Gasteiger partial charge in [0.05, 0.1) is 31.1 Å². The van der Waals surface area contributed by atoms with Gasteiger partial charge in [-0.15, -0.1) is 0 Å². The van der Waals surface area contributed by atoms with Gasteiger partial charge in [0.2, 0.25) is 10.9 Å². The molecule has 2 aliphatic rings. The molecule has 12 nitrogen and oxygen atoms in total. The summed E-state index contributed by atoms with van der Waals surface area (Å²) in [6, 6.07) is 23.3. The molecule has 0 fully saturated rings. The van der Waals surface area contributed by atoms with E-state index >= 15 is 0 Å². The summed E-state index contributed by atoms with van der Waals surface area (Å²) in [6.45, 7) is 4.62. The first-order valence-corrected chi connectivity index (χ1v) is 21.3. The Morgan fingerprint density at radius 3 is 1.87 bits per heavy atom. The Bertz CT molecular complexity index is 2810. The first kappa shape index (κ1) is 43.3. The zero-order valence-electron chi connectivity index (χ0n) is 34.3. The highest BCUT2D eigenvalue weighted by atomic mass is 35.5. The second-order valence-electron chi connectivity index (χ2n) is 15.6. The van der Waals surface area contributed by atoms with Crippen molar-refractivity contribution in [1.29, 1.82) is 0 Å². The van der Waals surface area contributed by atoms with Crippen molar-refractivity contribution < 1.29 is 28.2 Å². The van der Waals surface area contributed by atoms with Crippen LogP contribution in [0.5, 0.6) is 11.5 Å². The zero-order valence-corrected chi connectivity index (χ0v) is 35.8. The number of halogens is 4. The number of aromatic hydroxyl groups is 1. The summed E-state index contributed by atoms with van der Waals surface area (Å²) < 4.78 is 38.6. The van der Waals surface area contributed by atoms with Crippen molar-refractivity contribution in [1.82, 2.24) is 29.4 Å². The van der Waals surface area contributed by atoms with Crippen LogP contribution in [0.15, 0.2) is 113 Å². The molecule has 8 rings (SSSR count). The minimum Gasteiger partial charge on any atom is -0.502 e. The number of carbonyl (C=O) groups is 2. The Labute approximate surface area is 370 Å². The van der Waals surface area contributed by atoms with Crippen molar-refractivity contribution in [2.75, 3.05) is 32.8 Å². The number of amides is 2. The Morgan fingerprint density at radius 2 is 1.25 bits per heavy atom. The Kier molecular flexibility index (Phi) is 12.5. The number of aromatic nitrogens is 4. The molecule has 4 heterocycles. The van der Waals surface area contributed by atoms with Crippen LogP contribution in [0.25, 0.3) is 0 Å². The predicted molar refractivity (Wildman–Crippen MR) is 233 cm³/mol. The highest BCUT2D eigenvalue weighted by Crippen LogP contribution is 2.42. The van der Waals surface area contributed by atoms with Crippen molar-refractivity contribution >= 4 is 35.0 Å². The number of fused-ring (bicyclic) bond motifs is 2. The van der Waals surface area contributed by atoms with Crippen LogP contribution >= 0.6 is 23.2 Å². The maximum atomic E-state index is 14.7. The molecule has 2 aliphatic heterocycles. The van der Waals surface area contributed by atoms with Crippen LogP contribution in [0.3, 0.4) is 0 Å². The molecule has 0 saturated carbocycles. The number of nitrogens with zero attached hydrogens (tertiary/aromatic N) is 6. The largest absolute Gasteiger partial charge is 0.502 e. The predicted octanol–water partition coefficient (Wildman–Crippen LogP) is 7.80. The zero-order chi connectivity index (χ0) is 44.5. The molecule has 3 unspecified atom stereocenters. The van der Waals surface area contributed by atoms with E-state index in [4.69, 9.17) is 27.9 Å². The smallest absolute Gasteiger partial charge is 0.276 e. The monoisotopic (exact) mass is 894 g/mol. The molecule has 16 heteroatoms. The van der Waals surface area contributed by atoms with Crippen LogP contribution in [0.2, 0.25) is 10.0 Å². The minimum absolute atomic E-state index is 0.0728. The highest BCUT2D eigenvalue weighted by Gasteiger charge is 2.41. The summed E-state index contributed by atoms with van der Waals surface area (Å²) in [5, 5.41) is 20.5. The molecular formula is C47H42Cl2F2N6O6. The Morgan fingerprint density at radius 1 is 0.698 bits per heavy atom. The molecule has 0 spiro atoms. The molecule has 2 amide bonds. The molecule has 0 bridgehead atoms. The van der Waals surface area contributed by atoms with E-state index in [2.05, 4.69) is 10.2 Å². The molecule has 63 heavy (non-hydrogen) atoms. The van der Waals surface area contributed by atoms with Gasteiger partial charge in [-0.2, -0.15) is 10.2 Å². The fraction of sp³-hybridized carbons (Fsp3) is 0.277. The lowest BCUT2D eigenvalue weighted by atomic mass is 9.83. The van der Waals surface area contributed by atoms with Gasteiger partial charge in [-0.05, 0) is 89.7 Å². The lowest BCUT2D eigenvalue weighted by Crippen LogP contribution is -2.47. The van der Waals surface area contributed by atoms with Crippen molar-refractivity contribution in [3.8, 4) is 11.5 Å². The van der Waals surface area contributed by atoms with Gasteiger partial charge < -0.3 is 19.6 Å². The average molecular weight is 896 g/mol. The number of carbonyl (C=O) groups excluding carboxylic acids is 2. The van der Waals surface area contributed by atoms with Gasteiger partial charge in [-0.3, -0.25) is 28.5 Å². The fourth-order valence-electron chi connectivity index (χ4n) is 8.89. The van der Waals surface area contributed by atoms with E-state index in [1.165, 1.54) is 33.6 Å². The Hall–Kier alpha value is -6.38. The standard InChI is InChI=1S/C47H42Cl2F2N6O6/c1-3-15-55-26-37(56-42(46(55)61)44(60)38(58)23-52-56)41(28-8-5-11-32(48)19-28)31-17-27(18-33(49)20-31)14-16-63-45-39(59)24-53-57-36(25-54(4-2)47(62)43(45)57)40(29-9-6-12-34(50)21-29)30-10-7-13-35(51)22-30/h5-13,17-24,36-37,40-41,60H,3-4,14-16,25-26H2,1-2H3. The summed E-state index contributed by atoms with van der Waals surface area (Å²) in [5.41, 5.74) is 1.54. The van der Waals surface area contributed by atoms with Crippen molar-refractivity contribution in [2.24, 2.45) is 0 Å². The fourth-order valence-corrected chi connectivity index (χ4v) is 9.36. The summed E-state index contributed by atoms with van der Waals surface area (Å²) in [6.07, 6.45) is 2.91. The van der Waals surface area contributed by atoms with E-state index in [1.54, 1.807) is 71.3 Å². The first-order chi connectivity index (χ1) is 30.4. The summed E-state index contributed by atoms with van der Waals surface area (Å²) >= 11 is 13.4. The number of likely N-dealkylation sites (N-methyl/N-ethyl adjacent to an activating group) is 1. The molecule has 0 aliphatic carbocycles. The summed E-state index contributed by atoms with van der Waals surface area (Å²) in [5.74, 6) is -4.10. The third-order valence-electron chi connectivity index (χ3n) is 11.6. The minimum atomic E-state index is -0.774. The number of hydrogen-bond acceptors (Lipinski definition) is 8. The van der Waals surface area contributed by atoms with Crippen LogP contribution in [0.4, 0.5) is 8.78 Å². The quantitative estimate of drug-likeness (QED) is 0.124. The molecule has 324 valence electrons. The Balaban J connectivity index is 1.16. The van der Waals surface area contributed by atoms with Gasteiger partial charge in [-0.25, -0.2) is 8.78 Å². The molecular weight excluding hydrogens is 853 g/mol. The van der Waals surface area contributed by atoms with Crippen LogP contribution < -0.4 is 15.6 Å². The molecule has 2 aromatic heterocycles. The van der Waals surface area contributed by atoms with E-state index in [0.717, 1.165) is 18.0 Å². The first-order valence-electron chi connectivity index (χ1n) is 20.6. The van der Waals surface area contributed by atoms with Gasteiger partial charge in [0.1, 0.15) is 11.6 Å². The van der Waals surface area contributed by atoms with Gasteiger partial charge in [0, 0.05) is 54.5 Å². The van der Waals surface area contributed by atoms with Crippen LogP contribution in [0.1, 0.15) is 93.0 Å². The molecule has 4 aromatic carbocycles. The van der Waals surface area contributed by atoms with Crippen molar-refractivity contribution in [2.45, 2.75) is 50.6 Å². The van der Waals surface area contributed by atoms with E-state index in [1.807, 2.05) is 19.1 Å². The van der Waals surface area contributed by atoms with Crippen LogP contribution in [-0.2, 0) is 6.42 Å². The number of benzene rings is 4. The summed E-state index contributed by atoms with van der Waals surface area (Å²) in [4.78, 5) is 57.1.